The van der Waals surface area contributed by atoms with Gasteiger partial charge in [-0.05, 0) is 12.1 Å². The molecule has 0 atom stereocenters. The largest absolute Gasteiger partial charge is 0.419 e. The van der Waals surface area contributed by atoms with Crippen LogP contribution in [0.5, 0.6) is 0 Å². The predicted octanol–water partition coefficient (Wildman–Crippen LogP) is 1.98. The van der Waals surface area contributed by atoms with Gasteiger partial charge < -0.3 is 11.1 Å². The Morgan fingerprint density at radius 1 is 1.20 bits per heavy atom. The lowest BCUT2D eigenvalue weighted by Crippen LogP contribution is -2.28. The van der Waals surface area contributed by atoms with Gasteiger partial charge in [0.2, 0.25) is 5.91 Å². The third-order valence-electron chi connectivity index (χ3n) is 3.18. The summed E-state index contributed by atoms with van der Waals surface area (Å²) in [6.07, 6.45) is -4.55. The van der Waals surface area contributed by atoms with Crippen molar-refractivity contribution in [3.8, 4) is 11.3 Å². The van der Waals surface area contributed by atoms with Crippen molar-refractivity contribution < 1.29 is 31.5 Å². The highest BCUT2D eigenvalue weighted by molar-refractivity contribution is 6.00. The third-order valence-corrected chi connectivity index (χ3v) is 3.18. The van der Waals surface area contributed by atoms with Crippen molar-refractivity contribution in [1.82, 2.24) is 15.5 Å². The van der Waals surface area contributed by atoms with E-state index in [4.69, 9.17) is 5.73 Å². The highest BCUT2D eigenvalue weighted by Gasteiger charge is 2.40. The van der Waals surface area contributed by atoms with Crippen LogP contribution in [0.25, 0.3) is 11.3 Å². The maximum absolute atomic E-state index is 14.0. The highest BCUT2D eigenvalue weighted by atomic mass is 19.4. The molecule has 1 aromatic carbocycles. The van der Waals surface area contributed by atoms with Crippen LogP contribution in [0, 0.1) is 11.6 Å². The monoisotopic (exact) mass is 362 g/mol. The van der Waals surface area contributed by atoms with Crippen LogP contribution in [0.3, 0.4) is 0 Å². The standard InChI is InChI=1S/C14H11F5N4O2/c15-7-1-2-8(16)11(14(17,18)19)10(7)12-6(5-22-23-12)13(25)21-4-3-9(20)24/h1-2,5H,3-4H2,(H2,20,24)(H,21,25)(H,22,23). The normalized spacial score (nSPS) is 11.4. The highest BCUT2D eigenvalue weighted by Crippen LogP contribution is 2.40. The number of aromatic amines is 1. The van der Waals surface area contributed by atoms with E-state index in [-0.39, 0.29) is 13.0 Å². The summed E-state index contributed by atoms with van der Waals surface area (Å²) in [6, 6.07) is 0.847. The lowest BCUT2D eigenvalue weighted by atomic mass is 9.99. The number of carbonyl (C=O) groups is 2. The molecule has 134 valence electrons. The summed E-state index contributed by atoms with van der Waals surface area (Å²) in [7, 11) is 0. The summed E-state index contributed by atoms with van der Waals surface area (Å²) < 4.78 is 67.0. The average Bonchev–Trinajstić information content (AvgIpc) is 2.96. The van der Waals surface area contributed by atoms with Crippen LogP contribution >= 0.6 is 0 Å². The molecule has 0 aliphatic heterocycles. The minimum atomic E-state index is -5.20. The van der Waals surface area contributed by atoms with Crippen LogP contribution in [0.1, 0.15) is 22.3 Å². The van der Waals surface area contributed by atoms with Crippen LogP contribution in [0.15, 0.2) is 18.3 Å². The quantitative estimate of drug-likeness (QED) is 0.709. The van der Waals surface area contributed by atoms with E-state index in [2.05, 4.69) is 15.5 Å². The van der Waals surface area contributed by atoms with Gasteiger partial charge in [0.05, 0.1) is 23.0 Å². The molecule has 2 amide bonds. The maximum Gasteiger partial charge on any atom is 0.419 e. The number of halogens is 5. The lowest BCUT2D eigenvalue weighted by molar-refractivity contribution is -0.139. The van der Waals surface area contributed by atoms with Gasteiger partial charge in [0.25, 0.3) is 5.91 Å². The summed E-state index contributed by atoms with van der Waals surface area (Å²) in [5.74, 6) is -4.72. The molecule has 2 rings (SSSR count). The maximum atomic E-state index is 14.0. The Morgan fingerprint density at radius 3 is 2.44 bits per heavy atom. The van der Waals surface area contributed by atoms with Crippen molar-refractivity contribution >= 4 is 11.8 Å². The van der Waals surface area contributed by atoms with Crippen molar-refractivity contribution in [3.05, 3.63) is 41.1 Å². The number of aromatic nitrogens is 2. The number of hydrogen-bond acceptors (Lipinski definition) is 3. The molecular formula is C14H11F5N4O2. The Bertz CT molecular complexity index is 816. The van der Waals surface area contributed by atoms with Gasteiger partial charge in [-0.3, -0.25) is 14.7 Å². The minimum absolute atomic E-state index is 0.184. The molecule has 4 N–H and O–H groups in total. The molecule has 11 heteroatoms. The molecule has 1 aromatic heterocycles. The van der Waals surface area contributed by atoms with Gasteiger partial charge in [0.1, 0.15) is 17.2 Å². The summed E-state index contributed by atoms with van der Waals surface area (Å²) in [6.45, 7) is -0.184. The molecule has 0 saturated heterocycles. The van der Waals surface area contributed by atoms with Crippen molar-refractivity contribution in [1.29, 1.82) is 0 Å². The molecule has 0 aliphatic rings. The molecule has 0 saturated carbocycles. The number of rotatable bonds is 5. The number of benzene rings is 1. The molecule has 0 aliphatic carbocycles. The van der Waals surface area contributed by atoms with E-state index >= 15 is 0 Å². The van der Waals surface area contributed by atoms with Gasteiger partial charge in [0, 0.05) is 13.0 Å². The second kappa shape index (κ2) is 6.87. The van der Waals surface area contributed by atoms with Crippen molar-refractivity contribution in [2.24, 2.45) is 5.73 Å². The van der Waals surface area contributed by atoms with E-state index in [1.807, 2.05) is 0 Å². The van der Waals surface area contributed by atoms with Gasteiger partial charge in [0.15, 0.2) is 0 Å². The molecule has 1 heterocycles. The first-order valence-electron chi connectivity index (χ1n) is 6.78. The predicted molar refractivity (Wildman–Crippen MR) is 75.1 cm³/mol. The van der Waals surface area contributed by atoms with Gasteiger partial charge >= 0.3 is 6.18 Å². The fraction of sp³-hybridized carbons (Fsp3) is 0.214. The van der Waals surface area contributed by atoms with Crippen molar-refractivity contribution in [2.45, 2.75) is 12.6 Å². The zero-order chi connectivity index (χ0) is 18.8. The van der Waals surface area contributed by atoms with E-state index in [1.54, 1.807) is 0 Å². The van der Waals surface area contributed by atoms with Crippen LogP contribution in [-0.2, 0) is 11.0 Å². The Labute approximate surface area is 137 Å². The molecule has 0 fully saturated rings. The summed E-state index contributed by atoms with van der Waals surface area (Å²) in [4.78, 5) is 22.6. The Kier molecular flexibility index (Phi) is 5.04. The van der Waals surface area contributed by atoms with Gasteiger partial charge in [-0.25, -0.2) is 8.78 Å². The van der Waals surface area contributed by atoms with Crippen LogP contribution in [-0.4, -0.2) is 28.6 Å². The van der Waals surface area contributed by atoms with E-state index in [1.165, 1.54) is 0 Å². The zero-order valence-corrected chi connectivity index (χ0v) is 12.4. The fourth-order valence-corrected chi connectivity index (χ4v) is 2.12. The first-order valence-corrected chi connectivity index (χ1v) is 6.78. The second-order valence-corrected chi connectivity index (χ2v) is 4.91. The first kappa shape index (κ1) is 18.4. The van der Waals surface area contributed by atoms with Crippen molar-refractivity contribution in [3.63, 3.8) is 0 Å². The molecule has 25 heavy (non-hydrogen) atoms. The number of hydrogen-bond donors (Lipinski definition) is 3. The number of primary amides is 1. The Hall–Kier alpha value is -2.98. The Morgan fingerprint density at radius 2 is 1.84 bits per heavy atom. The molecule has 0 unspecified atom stereocenters. The van der Waals surface area contributed by atoms with E-state index in [0.717, 1.165) is 6.20 Å². The summed E-state index contributed by atoms with van der Waals surface area (Å²) in [5, 5.41) is 7.72. The summed E-state index contributed by atoms with van der Waals surface area (Å²) in [5.41, 5.74) is 0.794. The van der Waals surface area contributed by atoms with Gasteiger partial charge in [-0.2, -0.15) is 18.3 Å². The Balaban J connectivity index is 2.48. The molecular weight excluding hydrogens is 351 g/mol. The average molecular weight is 362 g/mol. The van der Waals surface area contributed by atoms with Crippen molar-refractivity contribution in [2.75, 3.05) is 6.54 Å². The molecule has 2 aromatic rings. The number of nitrogens with one attached hydrogen (secondary N) is 2. The number of alkyl halides is 3. The van der Waals surface area contributed by atoms with Crippen LogP contribution < -0.4 is 11.1 Å². The first-order chi connectivity index (χ1) is 11.6. The van der Waals surface area contributed by atoms with Crippen LogP contribution in [0.2, 0.25) is 0 Å². The fourth-order valence-electron chi connectivity index (χ4n) is 2.12. The zero-order valence-electron chi connectivity index (χ0n) is 12.4. The lowest BCUT2D eigenvalue weighted by Gasteiger charge is -2.14. The summed E-state index contributed by atoms with van der Waals surface area (Å²) >= 11 is 0. The third kappa shape index (κ3) is 3.92. The number of nitrogens with zero attached hydrogens (tertiary/aromatic N) is 1. The van der Waals surface area contributed by atoms with E-state index < -0.39 is 52.0 Å². The second-order valence-electron chi connectivity index (χ2n) is 4.91. The van der Waals surface area contributed by atoms with E-state index in [9.17, 15) is 31.5 Å². The molecule has 0 bridgehead atoms. The topological polar surface area (TPSA) is 101 Å². The molecule has 0 radical (unpaired) electrons. The van der Waals surface area contributed by atoms with Crippen LogP contribution in [0.4, 0.5) is 22.0 Å². The smallest absolute Gasteiger partial charge is 0.370 e. The van der Waals surface area contributed by atoms with Gasteiger partial charge in [-0.1, -0.05) is 0 Å². The number of H-pyrrole nitrogens is 1. The SMILES string of the molecule is NC(=O)CCNC(=O)c1cn[nH]c1-c1c(F)ccc(F)c1C(F)(F)F. The minimum Gasteiger partial charge on any atom is -0.370 e. The molecule has 6 nitrogen and oxygen atoms in total. The van der Waals surface area contributed by atoms with Gasteiger partial charge in [-0.15, -0.1) is 0 Å². The number of amides is 2. The van der Waals surface area contributed by atoms with E-state index in [0.29, 0.717) is 12.1 Å². The molecule has 0 spiro atoms. The number of nitrogens with two attached hydrogens (primary N) is 1. The number of carbonyl (C=O) groups excluding carboxylic acids is 2.